The van der Waals surface area contributed by atoms with E-state index in [-0.39, 0.29) is 5.91 Å². The smallest absolute Gasteiger partial charge is 0.264 e. The van der Waals surface area contributed by atoms with Gasteiger partial charge in [-0.05, 0) is 36.0 Å². The predicted octanol–water partition coefficient (Wildman–Crippen LogP) is 4.62. The molecule has 0 atom stereocenters. The summed E-state index contributed by atoms with van der Waals surface area (Å²) in [6, 6.07) is 11.8. The van der Waals surface area contributed by atoms with Gasteiger partial charge in [-0.3, -0.25) is 9.69 Å². The number of nitrogens with zero attached hydrogens (tertiary/aromatic N) is 4. The Morgan fingerprint density at radius 3 is 2.75 bits per heavy atom. The number of benzene rings is 1. The number of hydrogen-bond acceptors (Lipinski definition) is 5. The van der Waals surface area contributed by atoms with Gasteiger partial charge < -0.3 is 9.64 Å². The summed E-state index contributed by atoms with van der Waals surface area (Å²) in [5.41, 5.74) is 4.40. The molecule has 0 aliphatic carbocycles. The van der Waals surface area contributed by atoms with Crippen molar-refractivity contribution in [1.29, 1.82) is 0 Å². The zero-order chi connectivity index (χ0) is 22.7. The second kappa shape index (κ2) is 9.88. The highest BCUT2D eigenvalue weighted by Crippen LogP contribution is 2.30. The van der Waals surface area contributed by atoms with Crippen LogP contribution in [-0.2, 0) is 19.5 Å². The van der Waals surface area contributed by atoms with Crippen molar-refractivity contribution in [1.82, 2.24) is 19.6 Å². The fourth-order valence-electron chi connectivity index (χ4n) is 4.34. The molecule has 4 rings (SSSR count). The minimum atomic E-state index is 0.0810. The Bertz CT molecular complexity index is 1060. The zero-order valence-corrected chi connectivity index (χ0v) is 20.2. The standard InChI is InChI=1S/C25H32N4O2S/c1-5-27-13-12-21-19(16-27)20(26-29(21)22-9-6-7-10-23(22)31-4)17-28(15-18(2)3)25(30)24-11-8-14-32-24/h6-11,14,18H,5,12-13,15-17H2,1-4H3. The van der Waals surface area contributed by atoms with E-state index in [1.54, 1.807) is 7.11 Å². The van der Waals surface area contributed by atoms with E-state index in [9.17, 15) is 4.79 Å². The van der Waals surface area contributed by atoms with Crippen LogP contribution in [0.15, 0.2) is 41.8 Å². The molecule has 3 aromatic rings. The van der Waals surface area contributed by atoms with Gasteiger partial charge in [-0.2, -0.15) is 5.10 Å². The molecule has 1 aliphatic heterocycles. The van der Waals surface area contributed by atoms with Crippen LogP contribution in [0.2, 0.25) is 0 Å². The molecule has 2 aromatic heterocycles. The number of aromatic nitrogens is 2. The highest BCUT2D eigenvalue weighted by atomic mass is 32.1. The maximum absolute atomic E-state index is 13.3. The van der Waals surface area contributed by atoms with E-state index >= 15 is 0 Å². The van der Waals surface area contributed by atoms with Gasteiger partial charge in [0.05, 0.1) is 29.9 Å². The van der Waals surface area contributed by atoms with E-state index in [1.807, 2.05) is 51.4 Å². The first-order chi connectivity index (χ1) is 15.5. The molecule has 3 heterocycles. The Morgan fingerprint density at radius 2 is 2.06 bits per heavy atom. The molecule has 0 spiro atoms. The molecule has 0 saturated carbocycles. The molecule has 0 unspecified atom stereocenters. The third kappa shape index (κ3) is 4.59. The molecular formula is C25H32N4O2S. The fraction of sp³-hybridized carbons (Fsp3) is 0.440. The molecule has 6 nitrogen and oxygen atoms in total. The molecule has 0 saturated heterocycles. The number of para-hydroxylation sites is 2. The van der Waals surface area contributed by atoms with Crippen LogP contribution in [0.5, 0.6) is 5.75 Å². The number of thiophene rings is 1. The average molecular weight is 453 g/mol. The quantitative estimate of drug-likeness (QED) is 0.500. The van der Waals surface area contributed by atoms with Crippen LogP contribution in [0, 0.1) is 5.92 Å². The lowest BCUT2D eigenvalue weighted by Gasteiger charge is -2.28. The summed E-state index contributed by atoms with van der Waals surface area (Å²) < 4.78 is 7.67. The third-order valence-electron chi connectivity index (χ3n) is 5.93. The molecular weight excluding hydrogens is 420 g/mol. The summed E-state index contributed by atoms with van der Waals surface area (Å²) in [7, 11) is 1.69. The molecule has 32 heavy (non-hydrogen) atoms. The van der Waals surface area contributed by atoms with Gasteiger partial charge in [-0.25, -0.2) is 4.68 Å². The first kappa shape index (κ1) is 22.6. The highest BCUT2D eigenvalue weighted by Gasteiger charge is 2.28. The minimum absolute atomic E-state index is 0.0810. The highest BCUT2D eigenvalue weighted by molar-refractivity contribution is 7.12. The van der Waals surface area contributed by atoms with Crippen molar-refractivity contribution >= 4 is 17.2 Å². The van der Waals surface area contributed by atoms with Crippen LogP contribution in [0.1, 0.15) is 47.4 Å². The Morgan fingerprint density at radius 1 is 1.25 bits per heavy atom. The van der Waals surface area contributed by atoms with Crippen LogP contribution in [0.25, 0.3) is 5.69 Å². The van der Waals surface area contributed by atoms with E-state index in [2.05, 4.69) is 25.7 Å². The number of carbonyl (C=O) groups is 1. The normalized spacial score (nSPS) is 13.9. The first-order valence-electron chi connectivity index (χ1n) is 11.3. The first-order valence-corrected chi connectivity index (χ1v) is 12.2. The molecule has 1 aliphatic rings. The molecule has 170 valence electrons. The molecule has 7 heteroatoms. The molecule has 1 amide bonds. The van der Waals surface area contributed by atoms with Crippen LogP contribution in [0.3, 0.4) is 0 Å². The monoisotopic (exact) mass is 452 g/mol. The second-order valence-electron chi connectivity index (χ2n) is 8.63. The number of methoxy groups -OCH3 is 1. The van der Waals surface area contributed by atoms with E-state index in [1.165, 1.54) is 22.6 Å². The Kier molecular flexibility index (Phi) is 6.96. The van der Waals surface area contributed by atoms with Crippen molar-refractivity contribution in [2.75, 3.05) is 26.7 Å². The number of fused-ring (bicyclic) bond motifs is 1. The van der Waals surface area contributed by atoms with Gasteiger partial charge in [0.1, 0.15) is 11.4 Å². The Labute approximate surface area is 194 Å². The summed E-state index contributed by atoms with van der Waals surface area (Å²) in [5.74, 6) is 1.26. The molecule has 0 fully saturated rings. The topological polar surface area (TPSA) is 50.6 Å². The van der Waals surface area contributed by atoms with E-state index < -0.39 is 0 Å². The van der Waals surface area contributed by atoms with Gasteiger partial charge in [0.2, 0.25) is 0 Å². The summed E-state index contributed by atoms with van der Waals surface area (Å²) in [5, 5.41) is 7.03. The maximum Gasteiger partial charge on any atom is 0.264 e. The average Bonchev–Trinajstić information content (AvgIpc) is 3.46. The van der Waals surface area contributed by atoms with Crippen molar-refractivity contribution in [3.05, 3.63) is 63.6 Å². The summed E-state index contributed by atoms with van der Waals surface area (Å²) in [4.78, 5) is 18.5. The van der Waals surface area contributed by atoms with Crippen molar-refractivity contribution in [2.45, 2.75) is 40.3 Å². The lowest BCUT2D eigenvalue weighted by Crippen LogP contribution is -2.35. The van der Waals surface area contributed by atoms with Crippen LogP contribution in [0.4, 0.5) is 0 Å². The zero-order valence-electron chi connectivity index (χ0n) is 19.4. The SMILES string of the molecule is CCN1CCc2c(c(CN(CC(C)C)C(=O)c3cccs3)nn2-c2ccccc2OC)C1. The number of rotatable bonds is 8. The summed E-state index contributed by atoms with van der Waals surface area (Å²) in [6.45, 7) is 10.6. The van der Waals surface area contributed by atoms with Gasteiger partial charge >= 0.3 is 0 Å². The summed E-state index contributed by atoms with van der Waals surface area (Å²) in [6.07, 6.45) is 0.928. The van der Waals surface area contributed by atoms with Crippen LogP contribution < -0.4 is 4.74 Å². The van der Waals surface area contributed by atoms with Gasteiger partial charge in [-0.1, -0.05) is 39.0 Å². The second-order valence-corrected chi connectivity index (χ2v) is 9.58. The third-order valence-corrected chi connectivity index (χ3v) is 6.78. The van der Waals surface area contributed by atoms with Crippen molar-refractivity contribution in [3.8, 4) is 11.4 Å². The fourth-order valence-corrected chi connectivity index (χ4v) is 5.03. The van der Waals surface area contributed by atoms with E-state index in [0.717, 1.165) is 48.1 Å². The van der Waals surface area contributed by atoms with Crippen LogP contribution >= 0.6 is 11.3 Å². The van der Waals surface area contributed by atoms with Crippen molar-refractivity contribution in [2.24, 2.45) is 5.92 Å². The molecule has 1 aromatic carbocycles. The molecule has 0 radical (unpaired) electrons. The number of ether oxygens (including phenoxy) is 1. The van der Waals surface area contributed by atoms with Gasteiger partial charge in [0.15, 0.2) is 0 Å². The van der Waals surface area contributed by atoms with Crippen LogP contribution in [-0.4, -0.2) is 52.2 Å². The maximum atomic E-state index is 13.3. The number of hydrogen-bond donors (Lipinski definition) is 0. The Balaban J connectivity index is 1.75. The number of likely N-dealkylation sites (N-methyl/N-ethyl adjacent to an activating group) is 1. The van der Waals surface area contributed by atoms with Crippen molar-refractivity contribution in [3.63, 3.8) is 0 Å². The number of amides is 1. The minimum Gasteiger partial charge on any atom is -0.494 e. The lowest BCUT2D eigenvalue weighted by molar-refractivity contribution is 0.0724. The van der Waals surface area contributed by atoms with E-state index in [4.69, 9.17) is 9.84 Å². The van der Waals surface area contributed by atoms with E-state index in [0.29, 0.717) is 19.0 Å². The largest absolute Gasteiger partial charge is 0.494 e. The van der Waals surface area contributed by atoms with Gasteiger partial charge in [0, 0.05) is 31.6 Å². The lowest BCUT2D eigenvalue weighted by atomic mass is 10.0. The number of carbonyl (C=O) groups excluding carboxylic acids is 1. The predicted molar refractivity (Wildman–Crippen MR) is 129 cm³/mol. The molecule has 0 bridgehead atoms. The van der Waals surface area contributed by atoms with Crippen molar-refractivity contribution < 1.29 is 9.53 Å². The Hall–Kier alpha value is -2.64. The van der Waals surface area contributed by atoms with Gasteiger partial charge in [0.25, 0.3) is 5.91 Å². The molecule has 0 N–H and O–H groups in total. The van der Waals surface area contributed by atoms with Gasteiger partial charge in [-0.15, -0.1) is 11.3 Å². The summed E-state index contributed by atoms with van der Waals surface area (Å²) >= 11 is 1.50.